The molecule has 0 amide bonds. The summed E-state index contributed by atoms with van der Waals surface area (Å²) < 4.78 is 11.2. The first-order valence-electron chi connectivity index (χ1n) is 6.98. The number of para-hydroxylation sites is 1. The maximum absolute atomic E-state index is 5.95. The van der Waals surface area contributed by atoms with Crippen molar-refractivity contribution in [2.45, 2.75) is 24.8 Å². The van der Waals surface area contributed by atoms with E-state index in [4.69, 9.17) is 9.26 Å². The first-order chi connectivity index (χ1) is 10.2. The van der Waals surface area contributed by atoms with E-state index in [0.717, 1.165) is 30.3 Å². The van der Waals surface area contributed by atoms with Gasteiger partial charge in [-0.2, -0.15) is 16.7 Å². The first-order valence-corrected chi connectivity index (χ1v) is 8.37. The molecule has 5 nitrogen and oxygen atoms in total. The fourth-order valence-electron chi connectivity index (χ4n) is 2.54. The standard InChI is InChI=1S/C15H19N3O2S/c1-18(9-15-16-14(10-21-2)17-20-15)8-12-7-11-5-3-4-6-13(11)19-12/h3-6,12H,7-10H2,1-2H3/t12-/m1/s1. The van der Waals surface area contributed by atoms with Gasteiger partial charge in [-0.15, -0.1) is 0 Å². The van der Waals surface area contributed by atoms with Crippen LogP contribution in [0.15, 0.2) is 28.8 Å². The molecule has 112 valence electrons. The van der Waals surface area contributed by atoms with E-state index in [0.29, 0.717) is 12.4 Å². The fraction of sp³-hybridized carbons (Fsp3) is 0.467. The lowest BCUT2D eigenvalue weighted by Gasteiger charge is -2.18. The van der Waals surface area contributed by atoms with Gasteiger partial charge in [0.05, 0.1) is 12.3 Å². The van der Waals surface area contributed by atoms with E-state index in [-0.39, 0.29) is 6.10 Å². The minimum atomic E-state index is 0.195. The number of hydrogen-bond acceptors (Lipinski definition) is 6. The molecule has 1 atom stereocenters. The summed E-state index contributed by atoms with van der Waals surface area (Å²) >= 11 is 1.69. The normalized spacial score (nSPS) is 17.0. The zero-order chi connectivity index (χ0) is 14.7. The van der Waals surface area contributed by atoms with Gasteiger partial charge in [-0.25, -0.2) is 0 Å². The molecule has 2 heterocycles. The molecule has 0 fully saturated rings. The number of benzene rings is 1. The minimum absolute atomic E-state index is 0.195. The third kappa shape index (κ3) is 3.57. The molecule has 0 saturated heterocycles. The van der Waals surface area contributed by atoms with Crippen molar-refractivity contribution in [3.8, 4) is 5.75 Å². The zero-order valence-electron chi connectivity index (χ0n) is 12.3. The Kier molecular flexibility index (Phi) is 4.45. The Morgan fingerprint density at radius 3 is 3.05 bits per heavy atom. The second kappa shape index (κ2) is 6.49. The highest BCUT2D eigenvalue weighted by Gasteiger charge is 2.24. The zero-order valence-corrected chi connectivity index (χ0v) is 13.1. The van der Waals surface area contributed by atoms with Crippen LogP contribution >= 0.6 is 11.8 Å². The highest BCUT2D eigenvalue weighted by Crippen LogP contribution is 2.28. The van der Waals surface area contributed by atoms with Crippen molar-refractivity contribution in [2.75, 3.05) is 19.8 Å². The molecule has 0 N–H and O–H groups in total. The first kappa shape index (κ1) is 14.4. The van der Waals surface area contributed by atoms with E-state index in [1.807, 2.05) is 25.4 Å². The van der Waals surface area contributed by atoms with Gasteiger partial charge in [-0.3, -0.25) is 4.90 Å². The highest BCUT2D eigenvalue weighted by molar-refractivity contribution is 7.97. The molecule has 0 unspecified atom stereocenters. The molecule has 1 aliphatic rings. The van der Waals surface area contributed by atoms with Crippen LogP contribution in [0.5, 0.6) is 5.75 Å². The van der Waals surface area contributed by atoms with E-state index in [2.05, 4.69) is 27.2 Å². The molecule has 1 aromatic heterocycles. The Labute approximate surface area is 128 Å². The largest absolute Gasteiger partial charge is 0.488 e. The predicted octanol–water partition coefficient (Wildman–Crippen LogP) is 2.37. The van der Waals surface area contributed by atoms with Gasteiger partial charge in [0.25, 0.3) is 0 Å². The minimum Gasteiger partial charge on any atom is -0.488 e. The van der Waals surface area contributed by atoms with Crippen molar-refractivity contribution in [2.24, 2.45) is 0 Å². The van der Waals surface area contributed by atoms with Crippen LogP contribution < -0.4 is 4.74 Å². The maximum atomic E-state index is 5.95. The second-order valence-electron chi connectivity index (χ2n) is 5.29. The van der Waals surface area contributed by atoms with Crippen LogP contribution in [0, 0.1) is 0 Å². The van der Waals surface area contributed by atoms with E-state index >= 15 is 0 Å². The average Bonchev–Trinajstić information content (AvgIpc) is 3.05. The number of thioether (sulfide) groups is 1. The van der Waals surface area contributed by atoms with Crippen LogP contribution in [0.1, 0.15) is 17.3 Å². The Morgan fingerprint density at radius 2 is 2.24 bits per heavy atom. The quantitative estimate of drug-likeness (QED) is 0.816. The van der Waals surface area contributed by atoms with Crippen LogP contribution in [0.2, 0.25) is 0 Å². The number of aromatic nitrogens is 2. The molecule has 0 bridgehead atoms. The summed E-state index contributed by atoms with van der Waals surface area (Å²) in [5, 5.41) is 3.96. The highest BCUT2D eigenvalue weighted by atomic mass is 32.2. The van der Waals surface area contributed by atoms with E-state index < -0.39 is 0 Å². The van der Waals surface area contributed by atoms with Gasteiger partial charge in [0, 0.05) is 13.0 Å². The Morgan fingerprint density at radius 1 is 1.38 bits per heavy atom. The predicted molar refractivity (Wildman–Crippen MR) is 82.4 cm³/mol. The van der Waals surface area contributed by atoms with Crippen molar-refractivity contribution >= 4 is 11.8 Å². The van der Waals surface area contributed by atoms with Crippen molar-refractivity contribution in [3.05, 3.63) is 41.5 Å². The summed E-state index contributed by atoms with van der Waals surface area (Å²) in [6, 6.07) is 8.22. The SMILES string of the molecule is CSCc1noc(CN(C)C[C@H]2Cc3ccccc3O2)n1. The molecule has 2 aromatic rings. The molecular formula is C15H19N3O2S. The smallest absolute Gasteiger partial charge is 0.240 e. The van der Waals surface area contributed by atoms with E-state index in [1.54, 1.807) is 11.8 Å². The summed E-state index contributed by atoms with van der Waals surface area (Å²) in [6.07, 6.45) is 3.18. The van der Waals surface area contributed by atoms with Crippen molar-refractivity contribution in [1.82, 2.24) is 15.0 Å². The summed E-state index contributed by atoms with van der Waals surface area (Å²) in [5.41, 5.74) is 1.29. The molecule has 0 radical (unpaired) electrons. The summed E-state index contributed by atoms with van der Waals surface area (Å²) in [5.74, 6) is 3.22. The maximum Gasteiger partial charge on any atom is 0.240 e. The lowest BCUT2D eigenvalue weighted by Crippen LogP contribution is -2.31. The number of hydrogen-bond donors (Lipinski definition) is 0. The van der Waals surface area contributed by atoms with Gasteiger partial charge in [0.15, 0.2) is 5.82 Å². The monoisotopic (exact) mass is 305 g/mol. The third-order valence-electron chi connectivity index (χ3n) is 3.42. The lowest BCUT2D eigenvalue weighted by molar-refractivity contribution is 0.155. The summed E-state index contributed by atoms with van der Waals surface area (Å²) in [6.45, 7) is 1.49. The number of fused-ring (bicyclic) bond motifs is 1. The van der Waals surface area contributed by atoms with Gasteiger partial charge in [0.1, 0.15) is 11.9 Å². The second-order valence-corrected chi connectivity index (χ2v) is 6.15. The summed E-state index contributed by atoms with van der Waals surface area (Å²) in [4.78, 5) is 6.53. The van der Waals surface area contributed by atoms with Crippen molar-refractivity contribution < 1.29 is 9.26 Å². The Hall–Kier alpha value is -1.53. The van der Waals surface area contributed by atoms with Crippen LogP contribution in [-0.4, -0.2) is 41.0 Å². The molecule has 1 aromatic carbocycles. The molecule has 0 aliphatic carbocycles. The number of nitrogens with zero attached hydrogens (tertiary/aromatic N) is 3. The molecule has 1 aliphatic heterocycles. The molecule has 6 heteroatoms. The van der Waals surface area contributed by atoms with E-state index in [9.17, 15) is 0 Å². The summed E-state index contributed by atoms with van der Waals surface area (Å²) in [7, 11) is 2.05. The van der Waals surface area contributed by atoms with Crippen LogP contribution in [0.4, 0.5) is 0 Å². The molecule has 0 spiro atoms. The lowest BCUT2D eigenvalue weighted by atomic mass is 10.1. The fourth-order valence-corrected chi connectivity index (χ4v) is 2.92. The van der Waals surface area contributed by atoms with Crippen LogP contribution in [0.3, 0.4) is 0 Å². The Balaban J connectivity index is 1.52. The molecule has 3 rings (SSSR count). The molecular weight excluding hydrogens is 286 g/mol. The van der Waals surface area contributed by atoms with Gasteiger partial charge >= 0.3 is 0 Å². The van der Waals surface area contributed by atoms with Gasteiger partial charge in [0.2, 0.25) is 5.89 Å². The molecule has 21 heavy (non-hydrogen) atoms. The van der Waals surface area contributed by atoms with Crippen molar-refractivity contribution in [1.29, 1.82) is 0 Å². The molecule has 0 saturated carbocycles. The number of rotatable bonds is 6. The Bertz CT molecular complexity index is 577. The average molecular weight is 305 g/mol. The third-order valence-corrected chi connectivity index (χ3v) is 3.96. The number of ether oxygens (including phenoxy) is 1. The topological polar surface area (TPSA) is 51.4 Å². The van der Waals surface area contributed by atoms with Gasteiger partial charge in [-0.1, -0.05) is 23.4 Å². The van der Waals surface area contributed by atoms with Gasteiger partial charge < -0.3 is 9.26 Å². The van der Waals surface area contributed by atoms with Gasteiger partial charge in [-0.05, 0) is 24.9 Å². The van der Waals surface area contributed by atoms with E-state index in [1.165, 1.54) is 5.56 Å². The number of likely N-dealkylation sites (N-methyl/N-ethyl adjacent to an activating group) is 1. The van der Waals surface area contributed by atoms with Crippen molar-refractivity contribution in [3.63, 3.8) is 0 Å². The van der Waals surface area contributed by atoms with Crippen LogP contribution in [-0.2, 0) is 18.7 Å². The van der Waals surface area contributed by atoms with Crippen LogP contribution in [0.25, 0.3) is 0 Å².